The topological polar surface area (TPSA) is 175 Å². The summed E-state index contributed by atoms with van der Waals surface area (Å²) in [5.41, 5.74) is 0. The fourth-order valence-corrected chi connectivity index (χ4v) is 10.5. The number of carbonyl (C=O) groups is 2. The van der Waals surface area contributed by atoms with E-state index in [0.29, 0.717) is 19.4 Å². The molecule has 80 heavy (non-hydrogen) atoms. The second-order valence-corrected chi connectivity index (χ2v) is 23.5. The lowest BCUT2D eigenvalue weighted by Crippen LogP contribution is -2.60. The van der Waals surface area contributed by atoms with Gasteiger partial charge in [0, 0.05) is 12.8 Å². The van der Waals surface area contributed by atoms with E-state index in [9.17, 15) is 35.1 Å². The zero-order valence-corrected chi connectivity index (χ0v) is 51.8. The number of aliphatic hydroxyl groups is 5. The van der Waals surface area contributed by atoms with Crippen LogP contribution in [-0.4, -0.2) is 100 Å². The van der Waals surface area contributed by atoms with Crippen LogP contribution in [0, 0.1) is 0 Å². The first kappa shape index (κ1) is 75.6. The largest absolute Gasteiger partial charge is 0.466 e. The van der Waals surface area contributed by atoms with Crippen molar-refractivity contribution >= 4 is 11.9 Å². The number of allylic oxidation sites excluding steroid dienone is 7. The molecule has 0 radical (unpaired) electrons. The zero-order chi connectivity index (χ0) is 58.0. The Morgan fingerprint density at radius 3 is 1.32 bits per heavy atom. The number of aliphatic hydroxyl groups excluding tert-OH is 5. The molecule has 1 aliphatic rings. The second kappa shape index (κ2) is 58.4. The summed E-state index contributed by atoms with van der Waals surface area (Å²) in [7, 11) is 0. The summed E-state index contributed by atoms with van der Waals surface area (Å²) in [5.74, 6) is -0.189. The molecule has 0 spiro atoms. The SMILES string of the molecule is CCC/C=C\C/C=C\CCCCCCCC(=O)OCCCCCCCCCCCCCC/C=C\CCCCCCCCCCCCCCCCC(=O)NC(COC1OC(CO)C(O)C(O)C1O)C(O)/C=C/CCCCCCCCC. The molecule has 11 heteroatoms. The quantitative estimate of drug-likeness (QED) is 0.0195. The maximum atomic E-state index is 13.0. The highest BCUT2D eigenvalue weighted by Gasteiger charge is 2.44. The molecule has 1 rings (SSSR count). The molecular weight excluding hydrogens is 1000 g/mol. The number of carbonyl (C=O) groups excluding carboxylic acids is 2. The van der Waals surface area contributed by atoms with Crippen LogP contribution in [0.4, 0.5) is 0 Å². The summed E-state index contributed by atoms with van der Waals surface area (Å²) in [6.07, 6.45) is 65.4. The van der Waals surface area contributed by atoms with Crippen molar-refractivity contribution in [3.05, 3.63) is 48.6 Å². The summed E-state index contributed by atoms with van der Waals surface area (Å²) < 4.78 is 16.7. The van der Waals surface area contributed by atoms with Crippen LogP contribution in [-0.2, 0) is 23.8 Å². The maximum Gasteiger partial charge on any atom is 0.305 e. The Bertz CT molecular complexity index is 1470. The van der Waals surface area contributed by atoms with Crippen molar-refractivity contribution in [2.45, 2.75) is 358 Å². The fraction of sp³-hybridized carbons (Fsp3) is 0.855. The third-order valence-electron chi connectivity index (χ3n) is 15.9. The van der Waals surface area contributed by atoms with Gasteiger partial charge in [-0.1, -0.05) is 268 Å². The molecule has 1 fully saturated rings. The average Bonchev–Trinajstić information content (AvgIpc) is 3.45. The molecule has 7 atom stereocenters. The molecule has 1 heterocycles. The molecule has 1 saturated heterocycles. The number of nitrogens with one attached hydrogen (secondary N) is 1. The van der Waals surface area contributed by atoms with Gasteiger partial charge >= 0.3 is 5.97 Å². The van der Waals surface area contributed by atoms with Gasteiger partial charge in [-0.25, -0.2) is 0 Å². The highest BCUT2D eigenvalue weighted by Crippen LogP contribution is 2.23. The van der Waals surface area contributed by atoms with Gasteiger partial charge in [-0.15, -0.1) is 0 Å². The molecule has 0 aromatic rings. The number of amides is 1. The normalized spacial score (nSPS) is 18.6. The molecule has 1 amide bonds. The van der Waals surface area contributed by atoms with E-state index in [0.717, 1.165) is 64.2 Å². The lowest BCUT2D eigenvalue weighted by molar-refractivity contribution is -0.302. The van der Waals surface area contributed by atoms with Crippen molar-refractivity contribution in [3.63, 3.8) is 0 Å². The maximum absolute atomic E-state index is 13.0. The fourth-order valence-electron chi connectivity index (χ4n) is 10.5. The number of esters is 1. The van der Waals surface area contributed by atoms with Gasteiger partial charge in [0.05, 0.1) is 32.0 Å². The van der Waals surface area contributed by atoms with Crippen LogP contribution in [0.15, 0.2) is 48.6 Å². The van der Waals surface area contributed by atoms with E-state index < -0.39 is 49.5 Å². The molecule has 468 valence electrons. The average molecular weight is 1130 g/mol. The molecular formula is C69H127NO10. The summed E-state index contributed by atoms with van der Waals surface area (Å²) in [6.45, 7) is 4.26. The van der Waals surface area contributed by atoms with Gasteiger partial charge in [0.2, 0.25) is 5.91 Å². The van der Waals surface area contributed by atoms with Gasteiger partial charge in [-0.3, -0.25) is 9.59 Å². The van der Waals surface area contributed by atoms with Crippen LogP contribution in [0.5, 0.6) is 0 Å². The van der Waals surface area contributed by atoms with Crippen molar-refractivity contribution in [1.82, 2.24) is 5.32 Å². The molecule has 0 bridgehead atoms. The number of rotatable bonds is 59. The highest BCUT2D eigenvalue weighted by atomic mass is 16.7. The van der Waals surface area contributed by atoms with Crippen LogP contribution in [0.25, 0.3) is 0 Å². The third kappa shape index (κ3) is 47.0. The predicted molar refractivity (Wildman–Crippen MR) is 334 cm³/mol. The number of unbranched alkanes of at least 4 members (excludes halogenated alkanes) is 39. The van der Waals surface area contributed by atoms with Crippen LogP contribution in [0.3, 0.4) is 0 Å². The van der Waals surface area contributed by atoms with Gasteiger partial charge in [-0.2, -0.15) is 0 Å². The smallest absolute Gasteiger partial charge is 0.305 e. The van der Waals surface area contributed by atoms with Crippen LogP contribution >= 0.6 is 0 Å². The van der Waals surface area contributed by atoms with Crippen molar-refractivity contribution < 1.29 is 49.3 Å². The van der Waals surface area contributed by atoms with Crippen molar-refractivity contribution in [2.75, 3.05) is 19.8 Å². The van der Waals surface area contributed by atoms with E-state index in [1.165, 1.54) is 225 Å². The molecule has 0 aromatic carbocycles. The van der Waals surface area contributed by atoms with Gasteiger partial charge in [0.25, 0.3) is 0 Å². The van der Waals surface area contributed by atoms with E-state index in [-0.39, 0.29) is 18.5 Å². The first-order chi connectivity index (χ1) is 39.2. The number of hydrogen-bond donors (Lipinski definition) is 6. The van der Waals surface area contributed by atoms with E-state index in [4.69, 9.17) is 14.2 Å². The Hall–Kier alpha value is -2.38. The van der Waals surface area contributed by atoms with Crippen molar-refractivity contribution in [3.8, 4) is 0 Å². The first-order valence-electron chi connectivity index (χ1n) is 33.9. The van der Waals surface area contributed by atoms with Gasteiger partial charge in [0.1, 0.15) is 24.4 Å². The van der Waals surface area contributed by atoms with Crippen molar-refractivity contribution in [2.24, 2.45) is 0 Å². The van der Waals surface area contributed by atoms with Gasteiger partial charge < -0.3 is 45.1 Å². The third-order valence-corrected chi connectivity index (χ3v) is 15.9. The van der Waals surface area contributed by atoms with E-state index in [1.54, 1.807) is 6.08 Å². The van der Waals surface area contributed by atoms with E-state index in [2.05, 4.69) is 55.6 Å². The van der Waals surface area contributed by atoms with Crippen molar-refractivity contribution in [1.29, 1.82) is 0 Å². The van der Waals surface area contributed by atoms with Crippen LogP contribution in [0.1, 0.15) is 316 Å². The molecule has 0 saturated carbocycles. The van der Waals surface area contributed by atoms with Gasteiger partial charge in [0.15, 0.2) is 6.29 Å². The lowest BCUT2D eigenvalue weighted by atomic mass is 9.99. The standard InChI is InChI=1S/C69H127NO10/c1-3-5-7-9-11-13-14-33-37-41-45-49-53-57-65(74)78-58-54-50-46-42-38-35-32-30-28-26-24-22-20-18-16-15-17-19-21-23-25-27-29-31-34-36-40-44-48-52-56-64(73)70-61(62(72)55-51-47-43-39-12-10-8-6-4-2)60-79-69-68(77)67(76)66(75)63(59-71)80-69/h7,9,13-14,16,18,51,55,61-63,66-69,71-72,75-77H,3-6,8,10-12,15,17,19-50,52-54,56-60H2,1-2H3,(H,70,73)/b9-7-,14-13-,18-16-,55-51+. The summed E-state index contributed by atoms with van der Waals surface area (Å²) in [5, 5.41) is 54.3. The molecule has 11 nitrogen and oxygen atoms in total. The Kier molecular flexibility index (Phi) is 55.2. The van der Waals surface area contributed by atoms with Crippen LogP contribution < -0.4 is 5.32 Å². The molecule has 7 unspecified atom stereocenters. The minimum absolute atomic E-state index is 0.00687. The number of hydrogen-bond acceptors (Lipinski definition) is 10. The van der Waals surface area contributed by atoms with Gasteiger partial charge in [-0.05, 0) is 83.5 Å². The Morgan fingerprint density at radius 1 is 0.463 bits per heavy atom. The van der Waals surface area contributed by atoms with E-state index in [1.807, 2.05) is 6.08 Å². The second-order valence-electron chi connectivity index (χ2n) is 23.5. The summed E-state index contributed by atoms with van der Waals surface area (Å²) in [4.78, 5) is 25.0. The predicted octanol–water partition coefficient (Wildman–Crippen LogP) is 16.8. The highest BCUT2D eigenvalue weighted by molar-refractivity contribution is 5.76. The Balaban J connectivity index is 1.93. The zero-order valence-electron chi connectivity index (χ0n) is 51.8. The summed E-state index contributed by atoms with van der Waals surface area (Å²) >= 11 is 0. The molecule has 1 aliphatic heterocycles. The van der Waals surface area contributed by atoms with Crippen LogP contribution in [0.2, 0.25) is 0 Å². The number of ether oxygens (including phenoxy) is 3. The van der Waals surface area contributed by atoms with E-state index >= 15 is 0 Å². The minimum atomic E-state index is -1.57. The Morgan fingerprint density at radius 2 is 0.863 bits per heavy atom. The molecule has 6 N–H and O–H groups in total. The molecule has 0 aliphatic carbocycles. The first-order valence-corrected chi connectivity index (χ1v) is 33.9. The molecule has 0 aromatic heterocycles. The Labute approximate surface area is 491 Å². The lowest BCUT2D eigenvalue weighted by Gasteiger charge is -2.40. The summed E-state index contributed by atoms with van der Waals surface area (Å²) in [6, 6.07) is -0.808. The monoisotopic (exact) mass is 1130 g/mol. The minimum Gasteiger partial charge on any atom is -0.466 e.